The van der Waals surface area contributed by atoms with Crippen molar-refractivity contribution in [2.24, 2.45) is 5.92 Å². The average molecular weight is 373 g/mol. The van der Waals surface area contributed by atoms with Crippen molar-refractivity contribution in [1.29, 1.82) is 0 Å². The number of benzene rings is 1. The fourth-order valence-corrected chi connectivity index (χ4v) is 4.58. The Morgan fingerprint density at radius 1 is 1.48 bits per heavy atom. The summed E-state index contributed by atoms with van der Waals surface area (Å²) < 4.78 is 6.31. The predicted molar refractivity (Wildman–Crippen MR) is 95.9 cm³/mol. The van der Waals surface area contributed by atoms with E-state index in [1.54, 1.807) is 17.7 Å². The molecule has 0 N–H and O–H groups in total. The summed E-state index contributed by atoms with van der Waals surface area (Å²) in [4.78, 5) is 17.5. The fourth-order valence-electron chi connectivity index (χ4n) is 2.56. The number of hydrogen-bond donors (Lipinski definition) is 0. The molecule has 1 saturated carbocycles. The van der Waals surface area contributed by atoms with Crippen molar-refractivity contribution in [2.45, 2.75) is 28.9 Å². The number of methoxy groups -OCH3 is 1. The second kappa shape index (κ2) is 6.63. The van der Waals surface area contributed by atoms with Gasteiger partial charge in [-0.1, -0.05) is 23.9 Å². The summed E-state index contributed by atoms with van der Waals surface area (Å²) in [5.74, 6) is 0.989. The largest absolute Gasteiger partial charge is 0.383 e. The maximum atomic E-state index is 12.9. The smallest absolute Gasteiger partial charge is 0.262 e. The second-order valence-electron chi connectivity index (χ2n) is 5.86. The Morgan fingerprint density at radius 3 is 2.83 bits per heavy atom. The van der Waals surface area contributed by atoms with E-state index < -0.39 is 4.33 Å². The van der Waals surface area contributed by atoms with E-state index in [9.17, 15) is 4.79 Å². The van der Waals surface area contributed by atoms with Gasteiger partial charge in [0.1, 0.15) is 4.33 Å². The van der Waals surface area contributed by atoms with Crippen molar-refractivity contribution in [2.75, 3.05) is 19.5 Å². The zero-order valence-corrected chi connectivity index (χ0v) is 15.3. The number of hydrogen-bond acceptors (Lipinski definition) is 4. The first-order chi connectivity index (χ1) is 10.9. The normalized spacial score (nSPS) is 20.6. The van der Waals surface area contributed by atoms with E-state index in [0.29, 0.717) is 22.7 Å². The van der Waals surface area contributed by atoms with Gasteiger partial charge in [-0.15, -0.1) is 23.2 Å². The van der Waals surface area contributed by atoms with Crippen LogP contribution in [0.2, 0.25) is 0 Å². The highest BCUT2D eigenvalue weighted by atomic mass is 35.5. The van der Waals surface area contributed by atoms with E-state index >= 15 is 0 Å². The Bertz CT molecular complexity index is 778. The highest BCUT2D eigenvalue weighted by Crippen LogP contribution is 2.54. The van der Waals surface area contributed by atoms with Crippen LogP contribution in [0.4, 0.5) is 0 Å². The van der Waals surface area contributed by atoms with Crippen molar-refractivity contribution in [3.63, 3.8) is 0 Å². The molecule has 124 valence electrons. The molecule has 1 fully saturated rings. The van der Waals surface area contributed by atoms with Gasteiger partial charge in [0.25, 0.3) is 5.56 Å². The van der Waals surface area contributed by atoms with Crippen LogP contribution >= 0.6 is 35.0 Å². The third kappa shape index (κ3) is 3.53. The summed E-state index contributed by atoms with van der Waals surface area (Å²) in [6.07, 6.45) is 0.786. The molecule has 1 aromatic heterocycles. The molecule has 1 aliphatic rings. The lowest BCUT2D eigenvalue weighted by Gasteiger charge is -2.18. The van der Waals surface area contributed by atoms with Crippen LogP contribution in [-0.2, 0) is 4.74 Å². The highest BCUT2D eigenvalue weighted by molar-refractivity contribution is 7.99. The third-order valence-corrected chi connectivity index (χ3v) is 6.03. The van der Waals surface area contributed by atoms with E-state index in [4.69, 9.17) is 27.9 Å². The number of nitrogens with zero attached hydrogens (tertiary/aromatic N) is 2. The standard InChI is InChI=1S/C16H18Cl2N2O2S/c1-10(8-22-2)20-14(21)12-5-3-4-6-13(12)19-15(20)23-9-11-7-16(11,17)18/h3-6,10-11H,7-9H2,1-2H3. The Morgan fingerprint density at radius 2 is 2.17 bits per heavy atom. The van der Waals surface area contributed by atoms with Crippen molar-refractivity contribution < 1.29 is 4.74 Å². The molecule has 3 rings (SSSR count). The number of para-hydroxylation sites is 1. The molecule has 1 aromatic carbocycles. The molecule has 4 nitrogen and oxygen atoms in total. The van der Waals surface area contributed by atoms with Crippen LogP contribution < -0.4 is 5.56 Å². The van der Waals surface area contributed by atoms with Crippen molar-refractivity contribution in [3.05, 3.63) is 34.6 Å². The molecule has 1 aliphatic carbocycles. The molecule has 7 heteroatoms. The van der Waals surface area contributed by atoms with Crippen LogP contribution in [0.15, 0.2) is 34.2 Å². The van der Waals surface area contributed by atoms with Gasteiger partial charge >= 0.3 is 0 Å². The molecule has 0 bridgehead atoms. The average Bonchev–Trinajstić information content (AvgIpc) is 3.12. The minimum Gasteiger partial charge on any atom is -0.383 e. The zero-order chi connectivity index (χ0) is 16.6. The second-order valence-corrected chi connectivity index (χ2v) is 8.39. The Labute approximate surface area is 149 Å². The van der Waals surface area contributed by atoms with Gasteiger partial charge in [-0.3, -0.25) is 9.36 Å². The molecular formula is C16H18Cl2N2O2S. The van der Waals surface area contributed by atoms with Gasteiger partial charge < -0.3 is 4.74 Å². The van der Waals surface area contributed by atoms with E-state index in [0.717, 1.165) is 12.2 Å². The molecule has 2 unspecified atom stereocenters. The number of fused-ring (bicyclic) bond motifs is 1. The van der Waals surface area contributed by atoms with Gasteiger partial charge in [0.15, 0.2) is 5.16 Å². The number of halogens is 2. The summed E-state index contributed by atoms with van der Waals surface area (Å²) >= 11 is 13.7. The Balaban J connectivity index is 1.99. The van der Waals surface area contributed by atoms with Gasteiger partial charge in [-0.25, -0.2) is 4.98 Å². The summed E-state index contributed by atoms with van der Waals surface area (Å²) in [5.41, 5.74) is 0.668. The molecule has 0 spiro atoms. The molecule has 0 saturated heterocycles. The van der Waals surface area contributed by atoms with Crippen LogP contribution in [-0.4, -0.2) is 33.4 Å². The molecule has 23 heavy (non-hydrogen) atoms. The molecule has 0 aliphatic heterocycles. The van der Waals surface area contributed by atoms with Crippen LogP contribution in [0, 0.1) is 5.92 Å². The van der Waals surface area contributed by atoms with Crippen molar-refractivity contribution in [1.82, 2.24) is 9.55 Å². The fraction of sp³-hybridized carbons (Fsp3) is 0.500. The van der Waals surface area contributed by atoms with Gasteiger partial charge in [0, 0.05) is 18.8 Å². The van der Waals surface area contributed by atoms with E-state index in [1.165, 1.54) is 11.8 Å². The van der Waals surface area contributed by atoms with Gasteiger partial charge in [0.05, 0.1) is 23.6 Å². The molecule has 2 atom stereocenters. The van der Waals surface area contributed by atoms with Crippen LogP contribution in [0.25, 0.3) is 10.9 Å². The Hall–Kier alpha value is -0.750. The third-order valence-electron chi connectivity index (χ3n) is 3.99. The Kier molecular flexibility index (Phi) is 4.93. The first-order valence-corrected chi connectivity index (χ1v) is 9.19. The number of ether oxygens (including phenoxy) is 1. The summed E-state index contributed by atoms with van der Waals surface area (Å²) in [6.45, 7) is 2.40. The minimum absolute atomic E-state index is 0.0403. The first kappa shape index (κ1) is 17.1. The number of alkyl halides is 2. The van der Waals surface area contributed by atoms with Crippen molar-refractivity contribution >= 4 is 45.9 Å². The number of aromatic nitrogens is 2. The summed E-state index contributed by atoms with van der Waals surface area (Å²) in [7, 11) is 1.63. The maximum Gasteiger partial charge on any atom is 0.262 e. The molecule has 1 heterocycles. The van der Waals surface area contributed by atoms with Gasteiger partial charge in [-0.2, -0.15) is 0 Å². The zero-order valence-electron chi connectivity index (χ0n) is 13.0. The van der Waals surface area contributed by atoms with E-state index in [-0.39, 0.29) is 17.5 Å². The van der Waals surface area contributed by atoms with Crippen molar-refractivity contribution in [3.8, 4) is 0 Å². The molecule has 0 amide bonds. The molecule has 0 radical (unpaired) electrons. The predicted octanol–water partition coefficient (Wildman–Crippen LogP) is 3.89. The quantitative estimate of drug-likeness (QED) is 0.438. The van der Waals surface area contributed by atoms with Gasteiger partial charge in [-0.05, 0) is 25.5 Å². The van der Waals surface area contributed by atoms with Crippen LogP contribution in [0.3, 0.4) is 0 Å². The SMILES string of the molecule is COCC(C)n1c(SCC2CC2(Cl)Cl)nc2ccccc2c1=O. The lowest BCUT2D eigenvalue weighted by molar-refractivity contribution is 0.156. The number of thioether (sulfide) groups is 1. The maximum absolute atomic E-state index is 12.9. The first-order valence-electron chi connectivity index (χ1n) is 7.45. The molecular weight excluding hydrogens is 355 g/mol. The molecule has 2 aromatic rings. The van der Waals surface area contributed by atoms with E-state index in [1.807, 2.05) is 25.1 Å². The highest BCUT2D eigenvalue weighted by Gasteiger charge is 2.51. The monoisotopic (exact) mass is 372 g/mol. The van der Waals surface area contributed by atoms with E-state index in [2.05, 4.69) is 4.98 Å². The lowest BCUT2D eigenvalue weighted by atomic mass is 10.2. The van der Waals surface area contributed by atoms with Crippen LogP contribution in [0.5, 0.6) is 0 Å². The minimum atomic E-state index is -0.618. The number of rotatable bonds is 6. The summed E-state index contributed by atoms with van der Waals surface area (Å²) in [6, 6.07) is 7.30. The lowest BCUT2D eigenvalue weighted by Crippen LogP contribution is -2.28. The van der Waals surface area contributed by atoms with Crippen LogP contribution in [0.1, 0.15) is 19.4 Å². The topological polar surface area (TPSA) is 44.1 Å². The van der Waals surface area contributed by atoms with Gasteiger partial charge in [0.2, 0.25) is 0 Å². The summed E-state index contributed by atoms with van der Waals surface area (Å²) in [5, 5.41) is 1.31.